The fourth-order valence-corrected chi connectivity index (χ4v) is 3.21. The molecule has 0 saturated carbocycles. The van der Waals surface area contributed by atoms with Crippen LogP contribution in [0.4, 0.5) is 11.4 Å². The van der Waals surface area contributed by atoms with Gasteiger partial charge in [0.15, 0.2) is 5.71 Å². The molecule has 1 aliphatic heterocycles. The molecule has 0 unspecified atom stereocenters. The second-order valence-corrected chi connectivity index (χ2v) is 6.37. The highest BCUT2D eigenvalue weighted by Gasteiger charge is 2.42. The summed E-state index contributed by atoms with van der Waals surface area (Å²) in [6.45, 7) is 4.57. The lowest BCUT2D eigenvalue weighted by Gasteiger charge is -2.15. The van der Waals surface area contributed by atoms with Crippen LogP contribution in [-0.4, -0.2) is 23.5 Å². The molecule has 3 rings (SSSR count). The Kier molecular flexibility index (Phi) is 4.24. The lowest BCUT2D eigenvalue weighted by Crippen LogP contribution is -2.26. The second-order valence-electron chi connectivity index (χ2n) is 6.37. The highest BCUT2D eigenvalue weighted by Crippen LogP contribution is 2.38. The number of benzene rings is 2. The van der Waals surface area contributed by atoms with Gasteiger partial charge in [0.1, 0.15) is 7.05 Å². The first kappa shape index (κ1) is 15.4. The van der Waals surface area contributed by atoms with Crippen LogP contribution >= 0.6 is 0 Å². The van der Waals surface area contributed by atoms with Crippen molar-refractivity contribution in [1.29, 1.82) is 0 Å². The number of aliphatic imine (C=N–C) groups is 1. The van der Waals surface area contributed by atoms with Crippen molar-refractivity contribution in [2.24, 2.45) is 4.99 Å². The van der Waals surface area contributed by atoms with Gasteiger partial charge in [-0.2, -0.15) is 4.58 Å². The van der Waals surface area contributed by atoms with Crippen molar-refractivity contribution in [3.63, 3.8) is 0 Å². The maximum Gasteiger partial charge on any atom is 0.209 e. The van der Waals surface area contributed by atoms with Crippen LogP contribution in [-0.2, 0) is 5.41 Å². The molecule has 0 spiro atoms. The summed E-state index contributed by atoms with van der Waals surface area (Å²) >= 11 is 0. The third-order valence-corrected chi connectivity index (χ3v) is 4.45. The van der Waals surface area contributed by atoms with Crippen LogP contribution in [0, 0.1) is 0 Å². The van der Waals surface area contributed by atoms with Gasteiger partial charge >= 0.3 is 0 Å². The summed E-state index contributed by atoms with van der Waals surface area (Å²) in [4.78, 5) is 4.47. The van der Waals surface area contributed by atoms with Gasteiger partial charge in [-0.15, -0.1) is 0 Å². The predicted octanol–water partition coefficient (Wildman–Crippen LogP) is 5.04. The van der Waals surface area contributed by atoms with Gasteiger partial charge in [0, 0.05) is 30.3 Å². The number of para-hydroxylation sites is 2. The van der Waals surface area contributed by atoms with Gasteiger partial charge < -0.3 is 0 Å². The molecule has 116 valence electrons. The van der Waals surface area contributed by atoms with E-state index in [1.54, 1.807) is 0 Å². The predicted molar refractivity (Wildman–Crippen MR) is 98.7 cm³/mol. The summed E-state index contributed by atoms with van der Waals surface area (Å²) in [6, 6.07) is 18.7. The van der Waals surface area contributed by atoms with Crippen molar-refractivity contribution in [2.75, 3.05) is 7.05 Å². The van der Waals surface area contributed by atoms with Gasteiger partial charge in [-0.25, -0.2) is 0 Å². The minimum Gasteiger partial charge on any atom is -0.261 e. The SMILES string of the molecule is C[N+]1=C(/C=C/CC=Nc2ccccc2)C(C)(C)c2ccccc21. The fourth-order valence-electron chi connectivity index (χ4n) is 3.21. The van der Waals surface area contributed by atoms with E-state index in [-0.39, 0.29) is 5.41 Å². The first-order valence-corrected chi connectivity index (χ1v) is 8.05. The fraction of sp³-hybridized carbons (Fsp3) is 0.238. The summed E-state index contributed by atoms with van der Waals surface area (Å²) in [5, 5.41) is 0. The van der Waals surface area contributed by atoms with Crippen LogP contribution in [0.25, 0.3) is 0 Å². The second kappa shape index (κ2) is 6.33. The van der Waals surface area contributed by atoms with Crippen molar-refractivity contribution in [2.45, 2.75) is 25.7 Å². The maximum atomic E-state index is 4.47. The van der Waals surface area contributed by atoms with E-state index in [0.29, 0.717) is 0 Å². The van der Waals surface area contributed by atoms with Crippen LogP contribution in [0.15, 0.2) is 71.7 Å². The van der Waals surface area contributed by atoms with Crippen LogP contribution in [0.2, 0.25) is 0 Å². The Morgan fingerprint density at radius 2 is 1.70 bits per heavy atom. The molecule has 2 aromatic rings. The largest absolute Gasteiger partial charge is 0.261 e. The van der Waals surface area contributed by atoms with E-state index in [9.17, 15) is 0 Å². The monoisotopic (exact) mass is 303 g/mol. The van der Waals surface area contributed by atoms with Crippen molar-refractivity contribution < 1.29 is 4.58 Å². The van der Waals surface area contributed by atoms with Gasteiger partial charge in [0.25, 0.3) is 0 Å². The number of nitrogens with zero attached hydrogens (tertiary/aromatic N) is 2. The summed E-state index contributed by atoms with van der Waals surface area (Å²) < 4.78 is 2.29. The van der Waals surface area contributed by atoms with E-state index in [2.05, 4.69) is 66.9 Å². The molecule has 0 atom stereocenters. The molecule has 2 nitrogen and oxygen atoms in total. The Balaban J connectivity index is 1.73. The van der Waals surface area contributed by atoms with Crippen molar-refractivity contribution in [1.82, 2.24) is 0 Å². The molecule has 1 heterocycles. The van der Waals surface area contributed by atoms with Crippen LogP contribution in [0.5, 0.6) is 0 Å². The van der Waals surface area contributed by atoms with Gasteiger partial charge in [0.05, 0.1) is 11.1 Å². The number of allylic oxidation sites excluding steroid dienone is 2. The first-order valence-electron chi connectivity index (χ1n) is 8.05. The average Bonchev–Trinajstić information content (AvgIpc) is 2.76. The van der Waals surface area contributed by atoms with E-state index >= 15 is 0 Å². The molecule has 0 fully saturated rings. The zero-order valence-corrected chi connectivity index (χ0v) is 14.0. The molecule has 2 heteroatoms. The van der Waals surface area contributed by atoms with E-state index < -0.39 is 0 Å². The number of fused-ring (bicyclic) bond motifs is 1. The third kappa shape index (κ3) is 3.02. The lowest BCUT2D eigenvalue weighted by molar-refractivity contribution is -0.401. The molecule has 0 radical (unpaired) electrons. The molecule has 1 aliphatic rings. The average molecular weight is 303 g/mol. The molecule has 0 aliphatic carbocycles. The highest BCUT2D eigenvalue weighted by molar-refractivity contribution is 6.03. The third-order valence-electron chi connectivity index (χ3n) is 4.45. The normalized spacial score (nSPS) is 16.5. The molecule has 0 N–H and O–H groups in total. The minimum atomic E-state index is 0.0401. The number of rotatable bonds is 4. The zero-order valence-electron chi connectivity index (χ0n) is 14.0. The molecule has 23 heavy (non-hydrogen) atoms. The Labute approximate surface area is 138 Å². The highest BCUT2D eigenvalue weighted by atomic mass is 15.0. The Hall–Kier alpha value is -2.48. The van der Waals surface area contributed by atoms with Gasteiger partial charge in [-0.3, -0.25) is 4.99 Å². The van der Waals surface area contributed by atoms with Gasteiger partial charge in [-0.1, -0.05) is 42.5 Å². The summed E-state index contributed by atoms with van der Waals surface area (Å²) in [5.74, 6) is 0. The topological polar surface area (TPSA) is 15.4 Å². The molecular weight excluding hydrogens is 280 g/mol. The van der Waals surface area contributed by atoms with Crippen molar-refractivity contribution in [3.8, 4) is 0 Å². The minimum absolute atomic E-state index is 0.0401. The van der Waals surface area contributed by atoms with Crippen LogP contribution in [0.1, 0.15) is 25.8 Å². The zero-order chi connectivity index (χ0) is 16.3. The molecule has 2 aromatic carbocycles. The lowest BCUT2D eigenvalue weighted by atomic mass is 9.81. The summed E-state index contributed by atoms with van der Waals surface area (Å²) in [6.07, 6.45) is 7.21. The summed E-state index contributed by atoms with van der Waals surface area (Å²) in [5.41, 5.74) is 5.06. The first-order chi connectivity index (χ1) is 11.1. The smallest absolute Gasteiger partial charge is 0.209 e. The molecule has 0 aromatic heterocycles. The van der Waals surface area contributed by atoms with Gasteiger partial charge in [-0.05, 0) is 26.0 Å². The Morgan fingerprint density at radius 3 is 2.43 bits per heavy atom. The van der Waals surface area contributed by atoms with E-state index in [4.69, 9.17) is 0 Å². The van der Waals surface area contributed by atoms with E-state index in [0.717, 1.165) is 12.1 Å². The quantitative estimate of drug-likeness (QED) is 0.555. The maximum absolute atomic E-state index is 4.47. The number of hydrogen-bond acceptors (Lipinski definition) is 1. The Bertz CT molecular complexity index is 780. The molecule has 0 amide bonds. The van der Waals surface area contributed by atoms with E-state index in [1.165, 1.54) is 17.0 Å². The van der Waals surface area contributed by atoms with Crippen molar-refractivity contribution in [3.05, 3.63) is 72.3 Å². The van der Waals surface area contributed by atoms with Crippen LogP contribution in [0.3, 0.4) is 0 Å². The van der Waals surface area contributed by atoms with Crippen LogP contribution < -0.4 is 0 Å². The number of hydrogen-bond donors (Lipinski definition) is 0. The molecular formula is C21H23N2+. The van der Waals surface area contributed by atoms with Gasteiger partial charge in [0.2, 0.25) is 5.69 Å². The molecule has 0 saturated heterocycles. The van der Waals surface area contributed by atoms with E-state index in [1.807, 2.05) is 36.5 Å². The Morgan fingerprint density at radius 1 is 1.00 bits per heavy atom. The standard InChI is InChI=1S/C21H23N2/c1-21(2)18-13-7-8-14-19(18)23(3)20(21)15-9-10-16-22-17-11-5-4-6-12-17/h4-9,11-16H,10H2,1-3H3/q+1/b15-9+,22-16?. The molecule has 0 bridgehead atoms. The summed E-state index contributed by atoms with van der Waals surface area (Å²) in [7, 11) is 2.14. The van der Waals surface area contributed by atoms with Crippen molar-refractivity contribution >= 4 is 23.3 Å².